The Kier molecular flexibility index (Phi) is 8.59. The first-order valence-corrected chi connectivity index (χ1v) is 12.5. The molecule has 1 amide bonds. The summed E-state index contributed by atoms with van der Waals surface area (Å²) in [5.74, 6) is 1.39. The van der Waals surface area contributed by atoms with Gasteiger partial charge in [0, 0.05) is 12.2 Å². The van der Waals surface area contributed by atoms with Gasteiger partial charge in [-0.15, -0.1) is 0 Å². The molecule has 2 N–H and O–H groups in total. The molecule has 0 aromatic heterocycles. The van der Waals surface area contributed by atoms with E-state index >= 15 is 0 Å². The van der Waals surface area contributed by atoms with Gasteiger partial charge in [0.15, 0.2) is 18.1 Å². The van der Waals surface area contributed by atoms with Gasteiger partial charge in [0.25, 0.3) is 15.9 Å². The van der Waals surface area contributed by atoms with Crippen LogP contribution in [0.3, 0.4) is 0 Å². The normalized spacial score (nSPS) is 11.0. The summed E-state index contributed by atoms with van der Waals surface area (Å²) in [5.41, 5.74) is 3.57. The second-order valence-corrected chi connectivity index (χ2v) is 9.64. The fourth-order valence-electron chi connectivity index (χ4n) is 3.32. The van der Waals surface area contributed by atoms with Crippen molar-refractivity contribution in [1.82, 2.24) is 5.32 Å². The molecule has 0 saturated heterocycles. The molecule has 3 aromatic rings. The first-order valence-electron chi connectivity index (χ1n) is 11.0. The molecule has 0 unspecified atom stereocenters. The minimum atomic E-state index is -3.74. The van der Waals surface area contributed by atoms with Gasteiger partial charge in [-0.1, -0.05) is 12.1 Å². The van der Waals surface area contributed by atoms with Gasteiger partial charge < -0.3 is 19.5 Å². The van der Waals surface area contributed by atoms with Gasteiger partial charge in [-0.05, 0) is 85.5 Å². The Morgan fingerprint density at radius 3 is 2.23 bits per heavy atom. The van der Waals surface area contributed by atoms with Crippen molar-refractivity contribution in [1.29, 1.82) is 0 Å². The Labute approximate surface area is 206 Å². The number of carbonyl (C=O) groups is 1. The molecule has 8 nitrogen and oxygen atoms in total. The maximum atomic E-state index is 12.7. The number of anilines is 1. The largest absolute Gasteiger partial charge is 0.493 e. The molecule has 0 saturated carbocycles. The molecule has 3 aromatic carbocycles. The highest BCUT2D eigenvalue weighted by atomic mass is 32.2. The number of amides is 1. The number of rotatable bonds is 11. The predicted molar refractivity (Wildman–Crippen MR) is 135 cm³/mol. The average Bonchev–Trinajstić information content (AvgIpc) is 2.85. The topological polar surface area (TPSA) is 103 Å². The number of carbonyl (C=O) groups excluding carboxylic acids is 1. The zero-order chi connectivity index (χ0) is 25.4. The molecular weight excluding hydrogens is 468 g/mol. The molecule has 0 heterocycles. The van der Waals surface area contributed by atoms with Crippen molar-refractivity contribution in [3.63, 3.8) is 0 Å². The van der Waals surface area contributed by atoms with Crippen molar-refractivity contribution in [3.8, 4) is 17.2 Å². The lowest BCUT2D eigenvalue weighted by atomic mass is 10.1. The van der Waals surface area contributed by atoms with E-state index < -0.39 is 10.0 Å². The lowest BCUT2D eigenvalue weighted by Crippen LogP contribution is -2.30. The van der Waals surface area contributed by atoms with Crippen LogP contribution in [0, 0.1) is 13.8 Å². The second kappa shape index (κ2) is 11.6. The number of nitrogens with one attached hydrogen (secondary N) is 2. The fraction of sp³-hybridized carbons (Fsp3) is 0.269. The van der Waals surface area contributed by atoms with Crippen LogP contribution < -0.4 is 24.2 Å². The maximum Gasteiger partial charge on any atom is 0.261 e. The van der Waals surface area contributed by atoms with Gasteiger partial charge in [-0.25, -0.2) is 8.42 Å². The zero-order valence-corrected chi connectivity index (χ0v) is 21.1. The molecule has 0 atom stereocenters. The smallest absolute Gasteiger partial charge is 0.261 e. The van der Waals surface area contributed by atoms with Crippen LogP contribution in [0.15, 0.2) is 65.6 Å². The number of sulfonamides is 1. The van der Waals surface area contributed by atoms with E-state index in [1.165, 1.54) is 24.3 Å². The van der Waals surface area contributed by atoms with Crippen molar-refractivity contribution >= 4 is 21.6 Å². The number of aryl methyl sites for hydroxylation is 2. The SMILES string of the molecule is COc1ccc(CCNC(=O)COc2ccc(S(=O)(=O)Nc3ccc(C)c(C)c3)cc2)cc1OC. The average molecular weight is 499 g/mol. The molecule has 0 bridgehead atoms. The Bertz CT molecular complexity index is 1270. The van der Waals surface area contributed by atoms with E-state index in [2.05, 4.69) is 10.0 Å². The number of hydrogen-bond donors (Lipinski definition) is 2. The van der Waals surface area contributed by atoms with Crippen molar-refractivity contribution < 1.29 is 27.4 Å². The molecule has 0 aliphatic heterocycles. The van der Waals surface area contributed by atoms with Crippen LogP contribution in [0.4, 0.5) is 5.69 Å². The Morgan fingerprint density at radius 1 is 0.857 bits per heavy atom. The lowest BCUT2D eigenvalue weighted by Gasteiger charge is -2.11. The van der Waals surface area contributed by atoms with E-state index in [0.29, 0.717) is 35.9 Å². The van der Waals surface area contributed by atoms with E-state index in [1.807, 2.05) is 38.1 Å². The quantitative estimate of drug-likeness (QED) is 0.416. The minimum absolute atomic E-state index is 0.0995. The van der Waals surface area contributed by atoms with Crippen molar-refractivity contribution in [2.75, 3.05) is 32.1 Å². The summed E-state index contributed by atoms with van der Waals surface area (Å²) in [7, 11) is -0.590. The molecule has 186 valence electrons. The Hall–Kier alpha value is -3.72. The third-order valence-corrected chi connectivity index (χ3v) is 6.84. The summed E-state index contributed by atoms with van der Waals surface area (Å²) in [6, 6.07) is 16.9. The van der Waals surface area contributed by atoms with Crippen LogP contribution in [0.25, 0.3) is 0 Å². The van der Waals surface area contributed by atoms with Crippen molar-refractivity contribution in [2.45, 2.75) is 25.2 Å². The van der Waals surface area contributed by atoms with Crippen molar-refractivity contribution in [2.24, 2.45) is 0 Å². The van der Waals surface area contributed by atoms with Gasteiger partial charge in [0.05, 0.1) is 19.1 Å². The van der Waals surface area contributed by atoms with E-state index in [9.17, 15) is 13.2 Å². The summed E-state index contributed by atoms with van der Waals surface area (Å²) in [6.45, 7) is 4.13. The molecule has 0 radical (unpaired) electrons. The van der Waals surface area contributed by atoms with Gasteiger partial charge in [0.2, 0.25) is 0 Å². The molecule has 0 fully saturated rings. The van der Waals surface area contributed by atoms with Crippen LogP contribution in [0.2, 0.25) is 0 Å². The van der Waals surface area contributed by atoms with E-state index in [-0.39, 0.29) is 17.4 Å². The molecule has 3 rings (SSSR count). The first-order chi connectivity index (χ1) is 16.7. The predicted octanol–water partition coefficient (Wildman–Crippen LogP) is 3.86. The monoisotopic (exact) mass is 498 g/mol. The van der Waals surface area contributed by atoms with Crippen LogP contribution in [0.5, 0.6) is 17.2 Å². The molecule has 0 spiro atoms. The molecule has 0 aliphatic carbocycles. The number of hydrogen-bond acceptors (Lipinski definition) is 6. The first kappa shape index (κ1) is 25.9. The summed E-state index contributed by atoms with van der Waals surface area (Å²) in [6.07, 6.45) is 0.617. The number of ether oxygens (including phenoxy) is 3. The van der Waals surface area contributed by atoms with E-state index in [1.54, 1.807) is 26.4 Å². The minimum Gasteiger partial charge on any atom is -0.493 e. The van der Waals surface area contributed by atoms with Gasteiger partial charge in [-0.2, -0.15) is 0 Å². The summed E-state index contributed by atoms with van der Waals surface area (Å²) in [5, 5.41) is 2.80. The summed E-state index contributed by atoms with van der Waals surface area (Å²) >= 11 is 0. The van der Waals surface area contributed by atoms with E-state index in [0.717, 1.165) is 16.7 Å². The highest BCUT2D eigenvalue weighted by Crippen LogP contribution is 2.27. The third kappa shape index (κ3) is 7.13. The number of methoxy groups -OCH3 is 2. The fourth-order valence-corrected chi connectivity index (χ4v) is 4.37. The highest BCUT2D eigenvalue weighted by molar-refractivity contribution is 7.92. The molecule has 9 heteroatoms. The maximum absolute atomic E-state index is 12.7. The molecule has 0 aliphatic rings. The zero-order valence-electron chi connectivity index (χ0n) is 20.3. The van der Waals surface area contributed by atoms with Crippen LogP contribution in [0.1, 0.15) is 16.7 Å². The van der Waals surface area contributed by atoms with Gasteiger partial charge in [0.1, 0.15) is 5.75 Å². The lowest BCUT2D eigenvalue weighted by molar-refractivity contribution is -0.123. The van der Waals surface area contributed by atoms with Crippen molar-refractivity contribution in [3.05, 3.63) is 77.4 Å². The molecular formula is C26H30N2O6S. The number of benzene rings is 3. The van der Waals surface area contributed by atoms with Crippen LogP contribution >= 0.6 is 0 Å². The Morgan fingerprint density at radius 2 is 1.57 bits per heavy atom. The standard InChI is InChI=1S/C26H30N2O6S/c1-18-5-7-21(15-19(18)2)28-35(30,31)23-10-8-22(9-11-23)34-17-26(29)27-14-13-20-6-12-24(32-3)25(16-20)33-4/h5-12,15-16,28H,13-14,17H2,1-4H3,(H,27,29). The van der Waals surface area contributed by atoms with E-state index in [4.69, 9.17) is 14.2 Å². The molecule has 35 heavy (non-hydrogen) atoms. The third-order valence-electron chi connectivity index (χ3n) is 5.45. The van der Waals surface area contributed by atoms with Crippen LogP contribution in [-0.4, -0.2) is 41.7 Å². The highest BCUT2D eigenvalue weighted by Gasteiger charge is 2.15. The Balaban J connectivity index is 1.48. The second-order valence-electron chi connectivity index (χ2n) is 7.95. The van der Waals surface area contributed by atoms with Crippen LogP contribution in [-0.2, 0) is 21.2 Å². The van der Waals surface area contributed by atoms with Gasteiger partial charge in [-0.3, -0.25) is 9.52 Å². The summed E-state index contributed by atoms with van der Waals surface area (Å²) in [4.78, 5) is 12.2. The van der Waals surface area contributed by atoms with Gasteiger partial charge >= 0.3 is 0 Å². The summed E-state index contributed by atoms with van der Waals surface area (Å²) < 4.78 is 43.9.